The second-order valence-electron chi connectivity index (χ2n) is 6.10. The molecular formula is C16H30ClN3O2. The van der Waals surface area contributed by atoms with Gasteiger partial charge in [-0.15, -0.1) is 12.4 Å². The Morgan fingerprint density at radius 2 is 1.77 bits per heavy atom. The molecule has 2 fully saturated rings. The Balaban J connectivity index is 0.00000242. The molecule has 0 aromatic carbocycles. The molecule has 1 N–H and O–H groups in total. The quantitative estimate of drug-likeness (QED) is 0.807. The van der Waals surface area contributed by atoms with Crippen LogP contribution in [0.15, 0.2) is 0 Å². The van der Waals surface area contributed by atoms with Gasteiger partial charge in [0.25, 0.3) is 0 Å². The normalized spacial score (nSPS) is 23.6. The van der Waals surface area contributed by atoms with Gasteiger partial charge in [0, 0.05) is 44.6 Å². The van der Waals surface area contributed by atoms with E-state index >= 15 is 0 Å². The number of hydrogen-bond acceptors (Lipinski definition) is 3. The van der Waals surface area contributed by atoms with Gasteiger partial charge in [-0.05, 0) is 46.1 Å². The number of nitrogens with zero attached hydrogens (tertiary/aromatic N) is 2. The van der Waals surface area contributed by atoms with Crippen LogP contribution in [0.1, 0.15) is 52.4 Å². The van der Waals surface area contributed by atoms with Crippen molar-refractivity contribution < 1.29 is 9.59 Å². The molecule has 22 heavy (non-hydrogen) atoms. The van der Waals surface area contributed by atoms with Gasteiger partial charge in [-0.2, -0.15) is 0 Å². The minimum absolute atomic E-state index is 0. The number of amides is 2. The van der Waals surface area contributed by atoms with Gasteiger partial charge in [-0.1, -0.05) is 0 Å². The molecule has 0 aromatic rings. The predicted octanol–water partition coefficient (Wildman–Crippen LogP) is 1.80. The average molecular weight is 332 g/mol. The fourth-order valence-electron chi connectivity index (χ4n) is 3.64. The molecule has 2 rings (SSSR count). The van der Waals surface area contributed by atoms with Crippen LogP contribution in [-0.4, -0.2) is 59.9 Å². The third-order valence-corrected chi connectivity index (χ3v) is 4.84. The summed E-state index contributed by atoms with van der Waals surface area (Å²) < 4.78 is 0. The lowest BCUT2D eigenvalue weighted by Crippen LogP contribution is -2.42. The fourth-order valence-corrected chi connectivity index (χ4v) is 3.64. The van der Waals surface area contributed by atoms with Gasteiger partial charge >= 0.3 is 0 Å². The smallest absolute Gasteiger partial charge is 0.223 e. The number of rotatable bonds is 6. The maximum Gasteiger partial charge on any atom is 0.223 e. The Labute approximate surface area is 140 Å². The SMILES string of the molecule is CCN(CC)C(=O)CCCC(=O)N1C2CCNCC1CC2.Cl. The Morgan fingerprint density at radius 3 is 2.45 bits per heavy atom. The minimum atomic E-state index is 0. The first-order chi connectivity index (χ1) is 10.2. The van der Waals surface area contributed by atoms with Crippen LogP contribution in [0.4, 0.5) is 0 Å². The molecule has 2 unspecified atom stereocenters. The summed E-state index contributed by atoms with van der Waals surface area (Å²) in [6, 6.07) is 0.805. The lowest BCUT2D eigenvalue weighted by Gasteiger charge is -2.28. The molecule has 0 spiro atoms. The number of halogens is 1. The molecule has 128 valence electrons. The van der Waals surface area contributed by atoms with E-state index in [-0.39, 0.29) is 24.2 Å². The summed E-state index contributed by atoms with van der Waals surface area (Å²) in [5.41, 5.74) is 0. The van der Waals surface area contributed by atoms with E-state index in [1.807, 2.05) is 18.7 Å². The zero-order valence-electron chi connectivity index (χ0n) is 13.8. The van der Waals surface area contributed by atoms with Gasteiger partial charge in [0.05, 0.1) is 0 Å². The van der Waals surface area contributed by atoms with Crippen LogP contribution >= 0.6 is 12.4 Å². The first-order valence-electron chi connectivity index (χ1n) is 8.47. The van der Waals surface area contributed by atoms with Gasteiger partial charge in [0.1, 0.15) is 0 Å². The maximum absolute atomic E-state index is 12.5. The monoisotopic (exact) mass is 331 g/mol. The third-order valence-electron chi connectivity index (χ3n) is 4.84. The molecule has 2 atom stereocenters. The molecule has 5 nitrogen and oxygen atoms in total. The fraction of sp³-hybridized carbons (Fsp3) is 0.875. The first-order valence-corrected chi connectivity index (χ1v) is 8.47. The Morgan fingerprint density at radius 1 is 1.09 bits per heavy atom. The van der Waals surface area contributed by atoms with E-state index in [4.69, 9.17) is 0 Å². The van der Waals surface area contributed by atoms with Crippen molar-refractivity contribution in [3.8, 4) is 0 Å². The summed E-state index contributed by atoms with van der Waals surface area (Å²) in [7, 11) is 0. The molecule has 0 aromatic heterocycles. The summed E-state index contributed by atoms with van der Waals surface area (Å²) in [5, 5.41) is 3.41. The Hall–Kier alpha value is -0.810. The third kappa shape index (κ3) is 4.59. The van der Waals surface area contributed by atoms with Crippen LogP contribution in [-0.2, 0) is 9.59 Å². The van der Waals surface area contributed by atoms with E-state index in [9.17, 15) is 9.59 Å². The number of carbonyl (C=O) groups is 2. The van der Waals surface area contributed by atoms with Crippen molar-refractivity contribution in [2.45, 2.75) is 64.5 Å². The molecule has 0 aliphatic carbocycles. The van der Waals surface area contributed by atoms with Crippen LogP contribution in [0.5, 0.6) is 0 Å². The largest absolute Gasteiger partial charge is 0.343 e. The van der Waals surface area contributed by atoms with E-state index in [1.165, 1.54) is 0 Å². The second-order valence-corrected chi connectivity index (χ2v) is 6.10. The molecule has 2 bridgehead atoms. The molecule has 2 aliphatic heterocycles. The van der Waals surface area contributed by atoms with Gasteiger partial charge in [-0.3, -0.25) is 9.59 Å². The zero-order chi connectivity index (χ0) is 15.2. The molecule has 2 amide bonds. The summed E-state index contributed by atoms with van der Waals surface area (Å²) in [4.78, 5) is 28.4. The highest BCUT2D eigenvalue weighted by molar-refractivity contribution is 5.85. The summed E-state index contributed by atoms with van der Waals surface area (Å²) in [6.07, 6.45) is 5.03. The summed E-state index contributed by atoms with van der Waals surface area (Å²) in [5.74, 6) is 0.423. The van der Waals surface area contributed by atoms with E-state index in [1.54, 1.807) is 0 Å². The van der Waals surface area contributed by atoms with Crippen LogP contribution in [0.2, 0.25) is 0 Å². The summed E-state index contributed by atoms with van der Waals surface area (Å²) in [6.45, 7) is 7.45. The molecule has 0 radical (unpaired) electrons. The van der Waals surface area contributed by atoms with E-state index < -0.39 is 0 Å². The van der Waals surface area contributed by atoms with Crippen molar-refractivity contribution in [1.29, 1.82) is 0 Å². The van der Waals surface area contributed by atoms with Crippen molar-refractivity contribution in [2.75, 3.05) is 26.2 Å². The molecule has 0 saturated carbocycles. The van der Waals surface area contributed by atoms with Gasteiger partial charge in [-0.25, -0.2) is 0 Å². The standard InChI is InChI=1S/C16H29N3O2.ClH/c1-3-18(4-2)15(20)6-5-7-16(21)19-13-8-9-14(19)12-17-11-10-13;/h13-14,17H,3-12H2,1-2H3;1H. The van der Waals surface area contributed by atoms with Gasteiger partial charge < -0.3 is 15.1 Å². The number of fused-ring (bicyclic) bond motifs is 2. The Kier molecular flexibility index (Phi) is 8.18. The molecule has 2 heterocycles. The Bertz CT molecular complexity index is 360. The van der Waals surface area contributed by atoms with Crippen molar-refractivity contribution in [1.82, 2.24) is 15.1 Å². The van der Waals surface area contributed by atoms with Gasteiger partial charge in [0.2, 0.25) is 11.8 Å². The maximum atomic E-state index is 12.5. The topological polar surface area (TPSA) is 52.7 Å². The number of hydrogen-bond donors (Lipinski definition) is 1. The van der Waals surface area contributed by atoms with E-state index in [2.05, 4.69) is 10.2 Å². The van der Waals surface area contributed by atoms with Crippen LogP contribution in [0.3, 0.4) is 0 Å². The van der Waals surface area contributed by atoms with Crippen LogP contribution in [0.25, 0.3) is 0 Å². The lowest BCUT2D eigenvalue weighted by molar-refractivity contribution is -0.134. The number of nitrogens with one attached hydrogen (secondary N) is 1. The van der Waals surface area contributed by atoms with E-state index in [0.717, 1.165) is 45.4 Å². The highest BCUT2D eigenvalue weighted by Crippen LogP contribution is 2.28. The zero-order valence-corrected chi connectivity index (χ0v) is 14.7. The molecule has 2 saturated heterocycles. The van der Waals surface area contributed by atoms with Gasteiger partial charge in [0.15, 0.2) is 0 Å². The van der Waals surface area contributed by atoms with Crippen molar-refractivity contribution >= 4 is 24.2 Å². The molecule has 2 aliphatic rings. The van der Waals surface area contributed by atoms with E-state index in [0.29, 0.717) is 31.3 Å². The second kappa shape index (κ2) is 9.36. The highest BCUT2D eigenvalue weighted by atomic mass is 35.5. The number of carbonyl (C=O) groups excluding carboxylic acids is 2. The van der Waals surface area contributed by atoms with Crippen molar-refractivity contribution in [3.05, 3.63) is 0 Å². The predicted molar refractivity (Wildman–Crippen MR) is 90.2 cm³/mol. The molecule has 6 heteroatoms. The summed E-state index contributed by atoms with van der Waals surface area (Å²) >= 11 is 0. The minimum Gasteiger partial charge on any atom is -0.343 e. The average Bonchev–Trinajstić information content (AvgIpc) is 2.73. The first kappa shape index (κ1) is 19.2. The highest BCUT2D eigenvalue weighted by Gasteiger charge is 2.37. The van der Waals surface area contributed by atoms with Crippen LogP contribution < -0.4 is 5.32 Å². The molecular weight excluding hydrogens is 302 g/mol. The van der Waals surface area contributed by atoms with Crippen molar-refractivity contribution in [2.24, 2.45) is 0 Å². The lowest BCUT2D eigenvalue weighted by atomic mass is 10.1. The van der Waals surface area contributed by atoms with Crippen LogP contribution in [0, 0.1) is 0 Å². The van der Waals surface area contributed by atoms with Crippen molar-refractivity contribution in [3.63, 3.8) is 0 Å².